The molecule has 5 rings (SSSR count). The number of nitrogens with zero attached hydrogens (tertiary/aromatic N) is 2. The van der Waals surface area contributed by atoms with Gasteiger partial charge in [-0.2, -0.15) is 0 Å². The van der Waals surface area contributed by atoms with E-state index in [-0.39, 0.29) is 5.91 Å². The van der Waals surface area contributed by atoms with Crippen LogP contribution in [0.3, 0.4) is 0 Å². The maximum atomic E-state index is 13.5. The van der Waals surface area contributed by atoms with E-state index in [0.29, 0.717) is 11.5 Å². The van der Waals surface area contributed by atoms with Gasteiger partial charge in [0.1, 0.15) is 11.5 Å². The van der Waals surface area contributed by atoms with Crippen molar-refractivity contribution in [2.45, 2.75) is 13.8 Å². The number of hydrogen-bond acceptors (Lipinski definition) is 2. The van der Waals surface area contributed by atoms with Gasteiger partial charge in [0.2, 0.25) is 0 Å². The predicted octanol–water partition coefficient (Wildman–Crippen LogP) is 6.29. The van der Waals surface area contributed by atoms with Gasteiger partial charge in [-0.15, -0.1) is 0 Å². The van der Waals surface area contributed by atoms with Gasteiger partial charge in [-0.1, -0.05) is 90.0 Å². The Labute approximate surface area is 182 Å². The number of carbonyl (C=O) groups excluding carboxylic acids is 1. The van der Waals surface area contributed by atoms with E-state index >= 15 is 0 Å². The molecule has 0 aliphatic carbocycles. The van der Waals surface area contributed by atoms with Crippen molar-refractivity contribution in [1.29, 1.82) is 0 Å². The van der Waals surface area contributed by atoms with Crippen LogP contribution < -0.4 is 4.90 Å². The van der Waals surface area contributed by atoms with E-state index in [1.54, 1.807) is 4.90 Å². The quantitative estimate of drug-likeness (QED) is 0.371. The smallest absolute Gasteiger partial charge is 0.266 e. The molecule has 0 radical (unpaired) electrons. The number of rotatable bonds is 3. The fourth-order valence-electron chi connectivity index (χ4n) is 3.87. The third-order valence-electron chi connectivity index (χ3n) is 5.58. The van der Waals surface area contributed by atoms with Crippen LogP contribution in [0.15, 0.2) is 102 Å². The minimum atomic E-state index is -0.118. The fourth-order valence-corrected chi connectivity index (χ4v) is 3.87. The third kappa shape index (κ3) is 3.55. The highest BCUT2D eigenvalue weighted by molar-refractivity contribution is 6.33. The summed E-state index contributed by atoms with van der Waals surface area (Å²) in [5.74, 6) is 0.535. The number of fused-ring (bicyclic) bond motifs is 1. The normalized spacial score (nSPS) is 15.0. The van der Waals surface area contributed by atoms with Crippen molar-refractivity contribution in [2.24, 2.45) is 4.99 Å². The van der Waals surface area contributed by atoms with E-state index in [9.17, 15) is 4.79 Å². The first-order valence-electron chi connectivity index (χ1n) is 10.4. The zero-order chi connectivity index (χ0) is 21.4. The summed E-state index contributed by atoms with van der Waals surface area (Å²) in [6.07, 6.45) is 1.90. The average molecular weight is 402 g/mol. The second kappa shape index (κ2) is 7.69. The van der Waals surface area contributed by atoms with Crippen LogP contribution in [-0.4, -0.2) is 11.7 Å². The summed E-state index contributed by atoms with van der Waals surface area (Å²) in [5.41, 5.74) is 5.47. The van der Waals surface area contributed by atoms with Crippen molar-refractivity contribution in [3.05, 3.63) is 119 Å². The molecule has 150 valence electrons. The first kappa shape index (κ1) is 19.0. The van der Waals surface area contributed by atoms with Crippen LogP contribution in [0.25, 0.3) is 16.8 Å². The molecule has 3 heteroatoms. The fraction of sp³-hybridized carbons (Fsp3) is 0.0714. The van der Waals surface area contributed by atoms with Crippen LogP contribution in [-0.2, 0) is 4.79 Å². The third-order valence-corrected chi connectivity index (χ3v) is 5.58. The average Bonchev–Trinajstić information content (AvgIpc) is 3.11. The molecule has 4 aromatic rings. The molecule has 0 fully saturated rings. The standard InChI is InChI=1S/C28H22N2O/c1-19-10-14-22(15-11-19)27-29-26(28(31)30(27)24-16-12-20(2)13-17-24)18-23-8-5-7-21-6-3-4-9-25(21)23/h3-18H,1-2H3/b26-18+. The van der Waals surface area contributed by atoms with Gasteiger partial charge in [-0.05, 0) is 48.4 Å². The lowest BCUT2D eigenvalue weighted by atomic mass is 10.0. The number of anilines is 1. The maximum Gasteiger partial charge on any atom is 0.282 e. The van der Waals surface area contributed by atoms with Gasteiger partial charge in [0.05, 0.1) is 5.69 Å². The van der Waals surface area contributed by atoms with Gasteiger partial charge in [0.15, 0.2) is 0 Å². The molecule has 1 aliphatic rings. The number of benzene rings is 4. The molecule has 1 amide bonds. The highest BCUT2D eigenvalue weighted by Crippen LogP contribution is 2.29. The summed E-state index contributed by atoms with van der Waals surface area (Å²) in [7, 11) is 0. The van der Waals surface area contributed by atoms with E-state index in [4.69, 9.17) is 4.99 Å². The van der Waals surface area contributed by atoms with Gasteiger partial charge in [-0.25, -0.2) is 4.99 Å². The minimum absolute atomic E-state index is 0.118. The van der Waals surface area contributed by atoms with Gasteiger partial charge in [-0.3, -0.25) is 9.69 Å². The molecule has 4 aromatic carbocycles. The summed E-state index contributed by atoms with van der Waals surface area (Å²) in [5, 5.41) is 2.24. The maximum absolute atomic E-state index is 13.5. The number of amides is 1. The lowest BCUT2D eigenvalue weighted by Gasteiger charge is -2.19. The van der Waals surface area contributed by atoms with Crippen molar-refractivity contribution >= 4 is 34.3 Å². The predicted molar refractivity (Wildman–Crippen MR) is 128 cm³/mol. The Bertz CT molecular complexity index is 1340. The van der Waals surface area contributed by atoms with Crippen molar-refractivity contribution in [2.75, 3.05) is 4.90 Å². The Kier molecular flexibility index (Phi) is 4.72. The molecule has 0 spiro atoms. The number of hydrogen-bond donors (Lipinski definition) is 0. The lowest BCUT2D eigenvalue weighted by Crippen LogP contribution is -2.32. The van der Waals surface area contributed by atoms with Crippen molar-refractivity contribution < 1.29 is 4.79 Å². The Hall–Kier alpha value is -3.98. The van der Waals surface area contributed by atoms with Crippen molar-refractivity contribution in [1.82, 2.24) is 0 Å². The molecule has 0 N–H and O–H groups in total. The van der Waals surface area contributed by atoms with Crippen LogP contribution in [0, 0.1) is 13.8 Å². The molecule has 3 nitrogen and oxygen atoms in total. The van der Waals surface area contributed by atoms with Crippen LogP contribution in [0.1, 0.15) is 22.3 Å². The summed E-state index contributed by atoms with van der Waals surface area (Å²) < 4.78 is 0. The number of aliphatic imine (C=N–C) groups is 1. The molecular weight excluding hydrogens is 380 g/mol. The molecule has 31 heavy (non-hydrogen) atoms. The summed E-state index contributed by atoms with van der Waals surface area (Å²) in [6, 6.07) is 30.4. The van der Waals surface area contributed by atoms with Crippen LogP contribution >= 0.6 is 0 Å². The highest BCUT2D eigenvalue weighted by Gasteiger charge is 2.32. The largest absolute Gasteiger partial charge is 0.282 e. The zero-order valence-corrected chi connectivity index (χ0v) is 17.5. The van der Waals surface area contributed by atoms with E-state index in [1.165, 1.54) is 5.56 Å². The molecule has 0 bridgehead atoms. The second-order valence-electron chi connectivity index (χ2n) is 7.88. The Morgan fingerprint density at radius 3 is 2.13 bits per heavy atom. The first-order valence-corrected chi connectivity index (χ1v) is 10.4. The second-order valence-corrected chi connectivity index (χ2v) is 7.88. The topological polar surface area (TPSA) is 32.7 Å². The van der Waals surface area contributed by atoms with E-state index < -0.39 is 0 Å². The van der Waals surface area contributed by atoms with Gasteiger partial charge < -0.3 is 0 Å². The SMILES string of the molecule is Cc1ccc(C2=N/C(=C/c3cccc4ccccc34)C(=O)N2c2ccc(C)cc2)cc1. The molecule has 1 aliphatic heterocycles. The van der Waals surface area contributed by atoms with E-state index in [1.807, 2.05) is 85.8 Å². The van der Waals surface area contributed by atoms with Crippen LogP contribution in [0.4, 0.5) is 5.69 Å². The lowest BCUT2D eigenvalue weighted by molar-refractivity contribution is -0.113. The number of carbonyl (C=O) groups is 1. The van der Waals surface area contributed by atoms with Crippen molar-refractivity contribution in [3.8, 4) is 0 Å². The number of aryl methyl sites for hydroxylation is 2. The summed E-state index contributed by atoms with van der Waals surface area (Å²) in [6.45, 7) is 4.09. The van der Waals surface area contributed by atoms with Gasteiger partial charge in [0, 0.05) is 5.56 Å². The summed E-state index contributed by atoms with van der Waals surface area (Å²) >= 11 is 0. The Morgan fingerprint density at radius 1 is 0.742 bits per heavy atom. The van der Waals surface area contributed by atoms with Crippen LogP contribution in [0.2, 0.25) is 0 Å². The van der Waals surface area contributed by atoms with Gasteiger partial charge >= 0.3 is 0 Å². The zero-order valence-electron chi connectivity index (χ0n) is 17.5. The molecule has 1 heterocycles. The molecular formula is C28H22N2O. The highest BCUT2D eigenvalue weighted by atomic mass is 16.2. The molecule has 0 saturated heterocycles. The Balaban J connectivity index is 1.66. The summed E-state index contributed by atoms with van der Waals surface area (Å²) in [4.78, 5) is 20.0. The minimum Gasteiger partial charge on any atom is -0.266 e. The first-order chi connectivity index (χ1) is 15.1. The van der Waals surface area contributed by atoms with E-state index in [0.717, 1.165) is 33.2 Å². The number of amidine groups is 1. The van der Waals surface area contributed by atoms with E-state index in [2.05, 4.69) is 25.1 Å². The van der Waals surface area contributed by atoms with Crippen molar-refractivity contribution in [3.63, 3.8) is 0 Å². The molecule has 0 saturated carbocycles. The van der Waals surface area contributed by atoms with Crippen LogP contribution in [0.5, 0.6) is 0 Å². The monoisotopic (exact) mass is 402 g/mol. The van der Waals surface area contributed by atoms with Gasteiger partial charge in [0.25, 0.3) is 5.91 Å². The molecule has 0 aromatic heterocycles. The Morgan fingerprint density at radius 2 is 1.39 bits per heavy atom. The molecule has 0 atom stereocenters. The molecule has 0 unspecified atom stereocenters.